The molecule has 2 fully saturated rings. The Kier molecular flexibility index (Phi) is 9.13. The lowest BCUT2D eigenvalue weighted by atomic mass is 9.86. The van der Waals surface area contributed by atoms with E-state index < -0.39 is 0 Å². The number of ether oxygens (including phenoxy) is 1. The van der Waals surface area contributed by atoms with Gasteiger partial charge in [-0.1, -0.05) is 50.6 Å². The molecule has 42 heavy (non-hydrogen) atoms. The molecule has 0 unspecified atom stereocenters. The van der Waals surface area contributed by atoms with E-state index >= 15 is 0 Å². The standard InChI is InChI=1S/C31H40Cl2N6O3/c1-6-28(41)38-16-19(17-38)13-26(40)29-30(33)34-27(39(29)20-9-10-37(18-20)11-12-42-5)8-7-24-21-14-22(31(2,3)4)23(32)15-25(21)36-35-24/h6,14-15,19-20H,1,7-13,16-18H2,2-5H3,(H,35,36)/t20-/m1/s1. The Bertz CT molecular complexity index is 1480. The van der Waals surface area contributed by atoms with Gasteiger partial charge in [0.25, 0.3) is 0 Å². The largest absolute Gasteiger partial charge is 0.383 e. The molecule has 2 aliphatic heterocycles. The van der Waals surface area contributed by atoms with Crippen LogP contribution in [-0.4, -0.2) is 87.7 Å². The molecule has 1 N–H and O–H groups in total. The number of carbonyl (C=O) groups is 2. The monoisotopic (exact) mass is 614 g/mol. The number of Topliss-reactive ketones (excluding diaryl/α,β-unsaturated/α-hetero) is 1. The van der Waals surface area contributed by atoms with Gasteiger partial charge in [0.2, 0.25) is 5.91 Å². The number of nitrogens with zero attached hydrogens (tertiary/aromatic N) is 5. The number of aromatic nitrogens is 4. The lowest BCUT2D eigenvalue weighted by molar-refractivity contribution is -0.132. The number of halogens is 2. The van der Waals surface area contributed by atoms with Gasteiger partial charge >= 0.3 is 0 Å². The van der Waals surface area contributed by atoms with Crippen molar-refractivity contribution in [2.24, 2.45) is 5.92 Å². The third-order valence-corrected chi connectivity index (χ3v) is 9.05. The van der Waals surface area contributed by atoms with E-state index in [9.17, 15) is 9.59 Å². The van der Waals surface area contributed by atoms with Crippen molar-refractivity contribution in [1.29, 1.82) is 0 Å². The molecule has 1 atom stereocenters. The number of ketones is 1. The van der Waals surface area contributed by atoms with E-state index in [0.29, 0.717) is 49.7 Å². The molecule has 2 saturated heterocycles. The minimum atomic E-state index is -0.105. The smallest absolute Gasteiger partial charge is 0.245 e. The number of aromatic amines is 1. The quantitative estimate of drug-likeness (QED) is 0.234. The number of fused-ring (bicyclic) bond motifs is 1. The summed E-state index contributed by atoms with van der Waals surface area (Å²) in [5.41, 5.74) is 3.28. The average Bonchev–Trinajstić information content (AvgIpc) is 3.62. The van der Waals surface area contributed by atoms with Crippen LogP contribution in [0.3, 0.4) is 0 Å². The number of methoxy groups -OCH3 is 1. The Labute approximate surface area is 257 Å². The summed E-state index contributed by atoms with van der Waals surface area (Å²) in [5, 5.41) is 9.71. The molecule has 5 rings (SSSR count). The summed E-state index contributed by atoms with van der Waals surface area (Å²) in [7, 11) is 1.71. The Morgan fingerprint density at radius 3 is 2.64 bits per heavy atom. The van der Waals surface area contributed by atoms with Crippen molar-refractivity contribution in [3.8, 4) is 0 Å². The van der Waals surface area contributed by atoms with Gasteiger partial charge in [0.05, 0.1) is 12.1 Å². The number of rotatable bonds is 11. The SMILES string of the molecule is C=CC(=O)N1CC(CC(=O)c2c(Cl)nc(CCc3[nH]nc4cc(Cl)c(C(C)(C)C)cc34)n2[C@@H]2CCN(CCOC)C2)C1. The lowest BCUT2D eigenvalue weighted by Gasteiger charge is -2.38. The van der Waals surface area contributed by atoms with Gasteiger partial charge in [-0.25, -0.2) is 4.98 Å². The molecule has 0 aliphatic carbocycles. The molecule has 0 radical (unpaired) electrons. The van der Waals surface area contributed by atoms with Gasteiger partial charge in [0, 0.05) is 80.7 Å². The molecule has 0 spiro atoms. The number of hydrogen-bond acceptors (Lipinski definition) is 6. The third kappa shape index (κ3) is 6.30. The van der Waals surface area contributed by atoms with Gasteiger partial charge in [-0.15, -0.1) is 0 Å². The summed E-state index contributed by atoms with van der Waals surface area (Å²) in [6.45, 7) is 14.3. The minimum Gasteiger partial charge on any atom is -0.383 e. The first-order valence-electron chi connectivity index (χ1n) is 14.6. The molecule has 1 amide bonds. The molecule has 0 saturated carbocycles. The van der Waals surface area contributed by atoms with Crippen molar-refractivity contribution in [2.45, 2.75) is 57.9 Å². The molecule has 4 heterocycles. The summed E-state index contributed by atoms with van der Waals surface area (Å²) in [6.07, 6.45) is 3.79. The fraction of sp³-hybridized carbons (Fsp3) is 0.548. The Morgan fingerprint density at radius 1 is 1.19 bits per heavy atom. The lowest BCUT2D eigenvalue weighted by Crippen LogP contribution is -2.50. The van der Waals surface area contributed by atoms with Crippen molar-refractivity contribution in [3.63, 3.8) is 0 Å². The first-order chi connectivity index (χ1) is 20.0. The molecule has 1 aromatic carbocycles. The first-order valence-corrected chi connectivity index (χ1v) is 15.3. The van der Waals surface area contributed by atoms with E-state index in [0.717, 1.165) is 54.0 Å². The van der Waals surface area contributed by atoms with Crippen LogP contribution in [0.25, 0.3) is 10.9 Å². The normalized spacial score (nSPS) is 18.1. The fourth-order valence-corrected chi connectivity index (χ4v) is 6.90. The summed E-state index contributed by atoms with van der Waals surface area (Å²) in [6, 6.07) is 4.14. The van der Waals surface area contributed by atoms with E-state index in [4.69, 9.17) is 32.9 Å². The maximum Gasteiger partial charge on any atom is 0.245 e. The minimum absolute atomic E-state index is 0.0266. The van der Waals surface area contributed by atoms with Crippen LogP contribution in [0.1, 0.15) is 67.2 Å². The molecule has 11 heteroatoms. The number of imidazole rings is 1. The molecule has 226 valence electrons. The number of nitrogens with one attached hydrogen (secondary N) is 1. The molecule has 0 bridgehead atoms. The number of H-pyrrole nitrogens is 1. The highest BCUT2D eigenvalue weighted by Crippen LogP contribution is 2.35. The van der Waals surface area contributed by atoms with Crippen LogP contribution < -0.4 is 0 Å². The van der Waals surface area contributed by atoms with Crippen molar-refractivity contribution in [2.75, 3.05) is 46.4 Å². The maximum absolute atomic E-state index is 13.7. The van der Waals surface area contributed by atoms with Crippen molar-refractivity contribution >= 4 is 45.8 Å². The van der Waals surface area contributed by atoms with E-state index in [1.807, 2.05) is 6.07 Å². The first kappa shape index (κ1) is 30.7. The highest BCUT2D eigenvalue weighted by atomic mass is 35.5. The van der Waals surface area contributed by atoms with E-state index in [1.54, 1.807) is 12.0 Å². The Balaban J connectivity index is 1.40. The number of carbonyl (C=O) groups excluding carboxylic acids is 2. The van der Waals surface area contributed by atoms with Crippen LogP contribution in [-0.2, 0) is 27.8 Å². The predicted molar refractivity (Wildman–Crippen MR) is 166 cm³/mol. The second-order valence-corrected chi connectivity index (χ2v) is 13.3. The van der Waals surface area contributed by atoms with Crippen LogP contribution in [0, 0.1) is 5.92 Å². The molecule has 2 aliphatic rings. The summed E-state index contributed by atoms with van der Waals surface area (Å²) >= 11 is 13.3. The van der Waals surface area contributed by atoms with Gasteiger partial charge < -0.3 is 14.2 Å². The van der Waals surface area contributed by atoms with Gasteiger partial charge in [0.15, 0.2) is 10.9 Å². The van der Waals surface area contributed by atoms with E-state index in [-0.39, 0.29) is 34.2 Å². The molecular formula is C31H40Cl2N6O3. The number of hydrogen-bond donors (Lipinski definition) is 1. The van der Waals surface area contributed by atoms with Gasteiger partial charge in [-0.2, -0.15) is 5.10 Å². The molecule has 9 nitrogen and oxygen atoms in total. The topological polar surface area (TPSA) is 96.3 Å². The summed E-state index contributed by atoms with van der Waals surface area (Å²) in [4.78, 5) is 34.4. The highest BCUT2D eigenvalue weighted by molar-refractivity contribution is 6.32. The maximum atomic E-state index is 13.7. The number of benzene rings is 1. The van der Waals surface area contributed by atoms with E-state index in [1.165, 1.54) is 6.08 Å². The Hall–Kier alpha value is -2.72. The van der Waals surface area contributed by atoms with Crippen LogP contribution in [0.2, 0.25) is 10.2 Å². The summed E-state index contributed by atoms with van der Waals surface area (Å²) in [5.74, 6) is 0.772. The highest BCUT2D eigenvalue weighted by Gasteiger charge is 2.35. The fourth-order valence-electron chi connectivity index (χ4n) is 6.17. The number of likely N-dealkylation sites (tertiary alicyclic amines) is 2. The second kappa shape index (κ2) is 12.5. The van der Waals surface area contributed by atoms with Crippen molar-refractivity contribution < 1.29 is 14.3 Å². The van der Waals surface area contributed by atoms with Crippen molar-refractivity contribution in [1.82, 2.24) is 29.5 Å². The van der Waals surface area contributed by atoms with E-state index in [2.05, 4.69) is 53.1 Å². The molecule has 3 aromatic rings. The van der Waals surface area contributed by atoms with Crippen LogP contribution in [0.5, 0.6) is 0 Å². The average molecular weight is 616 g/mol. The zero-order valence-electron chi connectivity index (χ0n) is 24.9. The van der Waals surface area contributed by atoms with Crippen LogP contribution in [0.15, 0.2) is 24.8 Å². The van der Waals surface area contributed by atoms with Gasteiger partial charge in [-0.3, -0.25) is 19.6 Å². The zero-order chi connectivity index (χ0) is 30.2. The Morgan fingerprint density at radius 2 is 1.95 bits per heavy atom. The van der Waals surface area contributed by atoms with Crippen molar-refractivity contribution in [3.05, 3.63) is 57.7 Å². The molecule has 2 aromatic heterocycles. The van der Waals surface area contributed by atoms with Crippen LogP contribution >= 0.6 is 23.2 Å². The summed E-state index contributed by atoms with van der Waals surface area (Å²) < 4.78 is 7.39. The number of aryl methyl sites for hydroxylation is 2. The third-order valence-electron chi connectivity index (χ3n) is 8.48. The zero-order valence-corrected chi connectivity index (χ0v) is 26.4. The van der Waals surface area contributed by atoms with Gasteiger partial charge in [-0.05, 0) is 42.0 Å². The second-order valence-electron chi connectivity index (χ2n) is 12.5. The molecular weight excluding hydrogens is 575 g/mol. The van der Waals surface area contributed by atoms with Gasteiger partial charge in [0.1, 0.15) is 11.5 Å². The predicted octanol–water partition coefficient (Wildman–Crippen LogP) is 5.26. The number of amides is 1. The van der Waals surface area contributed by atoms with Crippen LogP contribution in [0.4, 0.5) is 0 Å².